The van der Waals surface area contributed by atoms with Gasteiger partial charge >= 0.3 is 0 Å². The third-order valence-corrected chi connectivity index (χ3v) is 4.53. The van der Waals surface area contributed by atoms with Crippen molar-refractivity contribution >= 4 is 23.2 Å². The van der Waals surface area contributed by atoms with Crippen molar-refractivity contribution in [2.24, 2.45) is 5.92 Å². The van der Waals surface area contributed by atoms with Crippen molar-refractivity contribution in [1.82, 2.24) is 5.32 Å². The van der Waals surface area contributed by atoms with Crippen LogP contribution in [0.25, 0.3) is 0 Å². The van der Waals surface area contributed by atoms with Crippen LogP contribution < -0.4 is 5.32 Å². The van der Waals surface area contributed by atoms with Gasteiger partial charge in [-0.1, -0.05) is 48.7 Å². The lowest BCUT2D eigenvalue weighted by molar-refractivity contribution is 0.450. The third kappa shape index (κ3) is 2.96. The number of hydrogen-bond acceptors (Lipinski definition) is 1. The van der Waals surface area contributed by atoms with E-state index in [-0.39, 0.29) is 0 Å². The van der Waals surface area contributed by atoms with Crippen LogP contribution >= 0.6 is 23.2 Å². The minimum Gasteiger partial charge on any atom is -0.317 e. The summed E-state index contributed by atoms with van der Waals surface area (Å²) in [4.78, 5) is 0. The van der Waals surface area contributed by atoms with Crippen LogP contribution in [0.4, 0.5) is 0 Å². The Bertz CT molecular complexity index is 378. The summed E-state index contributed by atoms with van der Waals surface area (Å²) in [6.07, 6.45) is 3.82. The highest BCUT2D eigenvalue weighted by molar-refractivity contribution is 6.42. The van der Waals surface area contributed by atoms with Crippen LogP contribution in [0.1, 0.15) is 37.7 Å². The first kappa shape index (κ1) is 13.2. The number of hydrogen-bond donors (Lipinski definition) is 1. The molecule has 1 nitrogen and oxygen atoms in total. The van der Waals surface area contributed by atoms with E-state index in [1.54, 1.807) is 0 Å². The van der Waals surface area contributed by atoms with Crippen molar-refractivity contribution < 1.29 is 0 Å². The van der Waals surface area contributed by atoms with E-state index in [1.165, 1.54) is 24.8 Å². The fraction of sp³-hybridized carbons (Fsp3) is 0.571. The molecule has 0 heterocycles. The SMILES string of the molecule is CCNCC1CCCC1c1cccc(Cl)c1Cl. The molecule has 1 aliphatic carbocycles. The summed E-state index contributed by atoms with van der Waals surface area (Å²) in [5.41, 5.74) is 1.24. The molecule has 0 bridgehead atoms. The topological polar surface area (TPSA) is 12.0 Å². The van der Waals surface area contributed by atoms with Crippen molar-refractivity contribution in [2.75, 3.05) is 13.1 Å². The van der Waals surface area contributed by atoms with Gasteiger partial charge in [0.1, 0.15) is 0 Å². The first-order chi connectivity index (χ1) is 8.24. The lowest BCUT2D eigenvalue weighted by Crippen LogP contribution is -2.24. The molecule has 0 spiro atoms. The van der Waals surface area contributed by atoms with E-state index in [4.69, 9.17) is 23.2 Å². The maximum atomic E-state index is 6.32. The molecule has 3 heteroatoms. The van der Waals surface area contributed by atoms with Gasteiger partial charge in [-0.2, -0.15) is 0 Å². The molecule has 1 aliphatic rings. The van der Waals surface area contributed by atoms with Crippen molar-refractivity contribution in [3.63, 3.8) is 0 Å². The lowest BCUT2D eigenvalue weighted by Gasteiger charge is -2.21. The molecule has 0 aromatic heterocycles. The first-order valence-corrected chi connectivity index (χ1v) is 7.14. The maximum Gasteiger partial charge on any atom is 0.0627 e. The number of rotatable bonds is 4. The van der Waals surface area contributed by atoms with Gasteiger partial charge in [-0.15, -0.1) is 0 Å². The highest BCUT2D eigenvalue weighted by Crippen LogP contribution is 2.43. The predicted octanol–water partition coefficient (Wildman–Crippen LogP) is 4.49. The third-order valence-electron chi connectivity index (χ3n) is 3.70. The molecule has 0 aliphatic heterocycles. The summed E-state index contributed by atoms with van der Waals surface area (Å²) >= 11 is 12.4. The average molecular weight is 272 g/mol. The van der Waals surface area contributed by atoms with E-state index < -0.39 is 0 Å². The summed E-state index contributed by atoms with van der Waals surface area (Å²) in [6, 6.07) is 6.00. The number of halogens is 2. The second-order valence-electron chi connectivity index (χ2n) is 4.75. The molecule has 1 fully saturated rings. The van der Waals surface area contributed by atoms with Crippen molar-refractivity contribution in [3.05, 3.63) is 33.8 Å². The molecule has 1 aromatic rings. The zero-order valence-corrected chi connectivity index (χ0v) is 11.7. The van der Waals surface area contributed by atoms with Gasteiger partial charge in [0.15, 0.2) is 0 Å². The van der Waals surface area contributed by atoms with Crippen molar-refractivity contribution in [1.29, 1.82) is 0 Å². The normalized spacial score (nSPS) is 24.2. The average Bonchev–Trinajstić information content (AvgIpc) is 2.78. The Morgan fingerprint density at radius 3 is 2.88 bits per heavy atom. The molecule has 1 N–H and O–H groups in total. The highest BCUT2D eigenvalue weighted by Gasteiger charge is 2.29. The summed E-state index contributed by atoms with van der Waals surface area (Å²) in [6.45, 7) is 4.27. The van der Waals surface area contributed by atoms with Crippen molar-refractivity contribution in [3.8, 4) is 0 Å². The van der Waals surface area contributed by atoms with Gasteiger partial charge in [0.2, 0.25) is 0 Å². The van der Waals surface area contributed by atoms with Crippen LogP contribution in [0.5, 0.6) is 0 Å². The first-order valence-electron chi connectivity index (χ1n) is 6.38. The van der Waals surface area contributed by atoms with Crippen molar-refractivity contribution in [2.45, 2.75) is 32.1 Å². The minimum atomic E-state index is 0.570. The molecule has 94 valence electrons. The quantitative estimate of drug-likeness (QED) is 0.851. The zero-order chi connectivity index (χ0) is 12.3. The number of nitrogens with one attached hydrogen (secondary N) is 1. The molecule has 2 rings (SSSR count). The summed E-state index contributed by atoms with van der Waals surface area (Å²) in [5, 5.41) is 4.88. The lowest BCUT2D eigenvalue weighted by atomic mass is 9.89. The molecule has 1 aromatic carbocycles. The van der Waals surface area contributed by atoms with Gasteiger partial charge in [-0.05, 0) is 49.4 Å². The van der Waals surface area contributed by atoms with Crippen LogP contribution in [-0.2, 0) is 0 Å². The smallest absolute Gasteiger partial charge is 0.0627 e. The Balaban J connectivity index is 2.17. The van der Waals surface area contributed by atoms with Crippen LogP contribution in [0, 0.1) is 5.92 Å². The van der Waals surface area contributed by atoms with Crippen LogP contribution in [-0.4, -0.2) is 13.1 Å². The molecule has 0 radical (unpaired) electrons. The summed E-state index contributed by atoms with van der Waals surface area (Å²) in [5.74, 6) is 1.27. The maximum absolute atomic E-state index is 6.32. The van der Waals surface area contributed by atoms with Gasteiger partial charge in [-0.25, -0.2) is 0 Å². The Morgan fingerprint density at radius 2 is 2.12 bits per heavy atom. The van der Waals surface area contributed by atoms with Crippen LogP contribution in [0.3, 0.4) is 0 Å². The minimum absolute atomic E-state index is 0.570. The molecule has 0 saturated heterocycles. The van der Waals surface area contributed by atoms with Crippen LogP contribution in [0.15, 0.2) is 18.2 Å². The Kier molecular flexibility index (Phi) is 4.72. The Labute approximate surface area is 114 Å². The Morgan fingerprint density at radius 1 is 1.29 bits per heavy atom. The highest BCUT2D eigenvalue weighted by atomic mass is 35.5. The van der Waals surface area contributed by atoms with E-state index in [9.17, 15) is 0 Å². The summed E-state index contributed by atoms with van der Waals surface area (Å²) in [7, 11) is 0. The van der Waals surface area contributed by atoms with E-state index >= 15 is 0 Å². The molecule has 1 saturated carbocycles. The largest absolute Gasteiger partial charge is 0.317 e. The number of benzene rings is 1. The second kappa shape index (κ2) is 6.08. The van der Waals surface area contributed by atoms with E-state index in [1.807, 2.05) is 12.1 Å². The van der Waals surface area contributed by atoms with Gasteiger partial charge in [0.25, 0.3) is 0 Å². The molecular formula is C14H19Cl2N. The van der Waals surface area contributed by atoms with Gasteiger partial charge in [0.05, 0.1) is 10.0 Å². The molecule has 2 atom stereocenters. The standard InChI is InChI=1S/C14H19Cl2N/c1-2-17-9-10-5-3-6-11(10)12-7-4-8-13(15)14(12)16/h4,7-8,10-11,17H,2-3,5-6,9H2,1H3. The fourth-order valence-corrected chi connectivity index (χ4v) is 3.28. The second-order valence-corrected chi connectivity index (χ2v) is 5.53. The van der Waals surface area contributed by atoms with E-state index in [0.717, 1.165) is 18.1 Å². The molecular weight excluding hydrogens is 253 g/mol. The molecule has 0 amide bonds. The Hall–Kier alpha value is -0.240. The van der Waals surface area contributed by atoms with Gasteiger partial charge < -0.3 is 5.32 Å². The zero-order valence-electron chi connectivity index (χ0n) is 10.2. The van der Waals surface area contributed by atoms with E-state index in [0.29, 0.717) is 16.9 Å². The molecule has 17 heavy (non-hydrogen) atoms. The van der Waals surface area contributed by atoms with Gasteiger partial charge in [-0.3, -0.25) is 0 Å². The molecule has 2 unspecified atom stereocenters. The predicted molar refractivity (Wildman–Crippen MR) is 75.1 cm³/mol. The fourth-order valence-electron chi connectivity index (χ4n) is 2.83. The van der Waals surface area contributed by atoms with E-state index in [2.05, 4.69) is 18.3 Å². The van der Waals surface area contributed by atoms with Crippen LogP contribution in [0.2, 0.25) is 10.0 Å². The summed E-state index contributed by atoms with van der Waals surface area (Å²) < 4.78 is 0. The monoisotopic (exact) mass is 271 g/mol. The van der Waals surface area contributed by atoms with Gasteiger partial charge in [0, 0.05) is 0 Å².